The highest BCUT2D eigenvalue weighted by atomic mass is 35.5. The van der Waals surface area contributed by atoms with E-state index in [4.69, 9.17) is 17.3 Å². The van der Waals surface area contributed by atoms with Crippen molar-refractivity contribution in [3.63, 3.8) is 0 Å². The second-order valence-corrected chi connectivity index (χ2v) is 4.66. The van der Waals surface area contributed by atoms with Gasteiger partial charge in [-0.2, -0.15) is 5.10 Å². The van der Waals surface area contributed by atoms with Crippen LogP contribution in [-0.4, -0.2) is 10.2 Å². The van der Waals surface area contributed by atoms with Crippen LogP contribution in [0.2, 0.25) is 5.15 Å². The fourth-order valence-corrected chi connectivity index (χ4v) is 2.33. The average molecular weight is 222 g/mol. The molecule has 2 aromatic rings. The number of nitrogens with one attached hydrogen (secondary N) is 1. The quantitative estimate of drug-likeness (QED) is 0.778. The Morgan fingerprint density at radius 3 is 2.87 bits per heavy atom. The highest BCUT2D eigenvalue weighted by Gasteiger charge is 2.34. The van der Waals surface area contributed by atoms with Crippen molar-refractivity contribution in [1.29, 1.82) is 0 Å². The third-order valence-electron chi connectivity index (χ3n) is 3.33. The lowest BCUT2D eigenvalue weighted by atomic mass is 9.72. The van der Waals surface area contributed by atoms with Crippen LogP contribution in [0.5, 0.6) is 0 Å². The molecule has 1 fully saturated rings. The van der Waals surface area contributed by atoms with E-state index in [1.54, 1.807) is 0 Å². The van der Waals surface area contributed by atoms with Gasteiger partial charge in [-0.25, -0.2) is 0 Å². The summed E-state index contributed by atoms with van der Waals surface area (Å²) in [6.45, 7) is 0. The Morgan fingerprint density at radius 2 is 2.20 bits per heavy atom. The van der Waals surface area contributed by atoms with Crippen molar-refractivity contribution in [3.8, 4) is 0 Å². The topological polar surface area (TPSA) is 54.7 Å². The van der Waals surface area contributed by atoms with Crippen molar-refractivity contribution in [1.82, 2.24) is 10.2 Å². The molecule has 3 N–H and O–H groups in total. The molecule has 78 valence electrons. The van der Waals surface area contributed by atoms with E-state index >= 15 is 0 Å². The largest absolute Gasteiger partial charge is 0.321 e. The zero-order valence-corrected chi connectivity index (χ0v) is 9.01. The molecule has 0 amide bonds. The minimum atomic E-state index is -0.130. The summed E-state index contributed by atoms with van der Waals surface area (Å²) >= 11 is 6.00. The molecule has 1 aromatic heterocycles. The predicted molar refractivity (Wildman–Crippen MR) is 60.8 cm³/mol. The zero-order chi connectivity index (χ0) is 10.5. The summed E-state index contributed by atoms with van der Waals surface area (Å²) in [5.74, 6) is 0. The Bertz CT molecular complexity index is 514. The summed E-state index contributed by atoms with van der Waals surface area (Å²) in [5, 5.41) is 8.41. The maximum Gasteiger partial charge on any atom is 0.132 e. The van der Waals surface area contributed by atoms with Crippen LogP contribution < -0.4 is 5.73 Å². The predicted octanol–water partition coefficient (Wildman–Crippen LogP) is 2.55. The molecular weight excluding hydrogens is 210 g/mol. The maximum atomic E-state index is 6.26. The molecule has 1 aliphatic carbocycles. The lowest BCUT2D eigenvalue weighted by Crippen LogP contribution is -2.43. The number of H-pyrrole nitrogens is 1. The third kappa shape index (κ3) is 1.27. The van der Waals surface area contributed by atoms with Gasteiger partial charge in [-0.15, -0.1) is 0 Å². The number of rotatable bonds is 1. The molecule has 0 saturated heterocycles. The molecule has 1 saturated carbocycles. The number of benzene rings is 1. The van der Waals surface area contributed by atoms with E-state index in [1.807, 2.05) is 6.07 Å². The minimum absolute atomic E-state index is 0.130. The summed E-state index contributed by atoms with van der Waals surface area (Å²) in [6.07, 6.45) is 3.34. The molecule has 3 rings (SSSR count). The lowest BCUT2D eigenvalue weighted by molar-refractivity contribution is 0.254. The standard InChI is InChI=1S/C11H12ClN3/c12-10-8-6-7(11(13)4-1-5-11)2-3-9(8)14-15-10/h2-3,6H,1,4-5,13H2,(H,14,15). The fraction of sp³-hybridized carbons (Fsp3) is 0.364. The first kappa shape index (κ1) is 9.19. The van der Waals surface area contributed by atoms with Crippen LogP contribution in [0.1, 0.15) is 24.8 Å². The molecule has 0 aliphatic heterocycles. The first-order valence-corrected chi connectivity index (χ1v) is 5.50. The van der Waals surface area contributed by atoms with Crippen LogP contribution in [0, 0.1) is 0 Å². The average Bonchev–Trinajstić information content (AvgIpc) is 2.57. The number of fused-ring (bicyclic) bond motifs is 1. The Balaban J connectivity index is 2.16. The van der Waals surface area contributed by atoms with Crippen molar-refractivity contribution in [2.75, 3.05) is 0 Å². The van der Waals surface area contributed by atoms with E-state index in [1.165, 1.54) is 12.0 Å². The molecule has 0 unspecified atom stereocenters. The van der Waals surface area contributed by atoms with Gasteiger partial charge in [0.2, 0.25) is 0 Å². The van der Waals surface area contributed by atoms with Gasteiger partial charge in [-0.1, -0.05) is 17.7 Å². The summed E-state index contributed by atoms with van der Waals surface area (Å²) in [4.78, 5) is 0. The summed E-state index contributed by atoms with van der Waals surface area (Å²) in [6, 6.07) is 6.08. The number of nitrogens with zero attached hydrogens (tertiary/aromatic N) is 1. The van der Waals surface area contributed by atoms with Crippen molar-refractivity contribution in [2.24, 2.45) is 5.73 Å². The molecule has 0 spiro atoms. The van der Waals surface area contributed by atoms with Crippen molar-refractivity contribution in [3.05, 3.63) is 28.9 Å². The van der Waals surface area contributed by atoms with Gasteiger partial charge in [0.15, 0.2) is 0 Å². The Labute approximate surface area is 92.6 Å². The van der Waals surface area contributed by atoms with Gasteiger partial charge >= 0.3 is 0 Å². The van der Waals surface area contributed by atoms with E-state index in [9.17, 15) is 0 Å². The first-order chi connectivity index (χ1) is 7.19. The third-order valence-corrected chi connectivity index (χ3v) is 3.62. The Hall–Kier alpha value is -1.06. The zero-order valence-electron chi connectivity index (χ0n) is 8.26. The highest BCUT2D eigenvalue weighted by molar-refractivity contribution is 6.34. The summed E-state index contributed by atoms with van der Waals surface area (Å²) in [7, 11) is 0. The molecule has 1 aliphatic rings. The molecule has 0 bridgehead atoms. The van der Waals surface area contributed by atoms with Gasteiger partial charge in [0.05, 0.1) is 5.52 Å². The molecule has 15 heavy (non-hydrogen) atoms. The number of halogens is 1. The van der Waals surface area contributed by atoms with Crippen molar-refractivity contribution < 1.29 is 0 Å². The van der Waals surface area contributed by atoms with Crippen LogP contribution in [0.3, 0.4) is 0 Å². The molecular formula is C11H12ClN3. The highest BCUT2D eigenvalue weighted by Crippen LogP contribution is 2.39. The van der Waals surface area contributed by atoms with Crippen LogP contribution in [0.15, 0.2) is 18.2 Å². The SMILES string of the molecule is NC1(c2ccc3n[nH]c(Cl)c3c2)CCC1. The van der Waals surface area contributed by atoms with Gasteiger partial charge < -0.3 is 5.73 Å². The number of hydrogen-bond acceptors (Lipinski definition) is 2. The Morgan fingerprint density at radius 1 is 1.40 bits per heavy atom. The van der Waals surface area contributed by atoms with Crippen LogP contribution in [-0.2, 0) is 5.54 Å². The van der Waals surface area contributed by atoms with Crippen molar-refractivity contribution in [2.45, 2.75) is 24.8 Å². The molecule has 1 aromatic carbocycles. The van der Waals surface area contributed by atoms with Crippen LogP contribution in [0.4, 0.5) is 0 Å². The van der Waals surface area contributed by atoms with Crippen molar-refractivity contribution >= 4 is 22.5 Å². The van der Waals surface area contributed by atoms with E-state index in [0.29, 0.717) is 5.15 Å². The van der Waals surface area contributed by atoms with Gasteiger partial charge in [0, 0.05) is 10.9 Å². The monoisotopic (exact) mass is 221 g/mol. The smallest absolute Gasteiger partial charge is 0.132 e. The molecule has 0 atom stereocenters. The second kappa shape index (κ2) is 2.97. The van der Waals surface area contributed by atoms with E-state index in [2.05, 4.69) is 22.3 Å². The summed E-state index contributed by atoms with van der Waals surface area (Å²) in [5.41, 5.74) is 8.20. The van der Waals surface area contributed by atoms with Gasteiger partial charge in [-0.3, -0.25) is 5.10 Å². The maximum absolute atomic E-state index is 6.26. The van der Waals surface area contributed by atoms with E-state index < -0.39 is 0 Å². The van der Waals surface area contributed by atoms with Crippen LogP contribution >= 0.6 is 11.6 Å². The fourth-order valence-electron chi connectivity index (χ4n) is 2.13. The van der Waals surface area contributed by atoms with Crippen LogP contribution in [0.25, 0.3) is 10.9 Å². The number of aromatic nitrogens is 2. The Kier molecular flexibility index (Phi) is 1.82. The normalized spacial score (nSPS) is 19.1. The van der Waals surface area contributed by atoms with E-state index in [-0.39, 0.29) is 5.54 Å². The molecule has 0 radical (unpaired) electrons. The number of aromatic amines is 1. The minimum Gasteiger partial charge on any atom is -0.321 e. The second-order valence-electron chi connectivity index (χ2n) is 4.28. The first-order valence-electron chi connectivity index (χ1n) is 5.12. The van der Waals surface area contributed by atoms with Gasteiger partial charge in [0.1, 0.15) is 5.15 Å². The summed E-state index contributed by atoms with van der Waals surface area (Å²) < 4.78 is 0. The lowest BCUT2D eigenvalue weighted by Gasteiger charge is -2.38. The molecule has 3 nitrogen and oxygen atoms in total. The van der Waals surface area contributed by atoms with Gasteiger partial charge in [-0.05, 0) is 37.0 Å². The molecule has 4 heteroatoms. The van der Waals surface area contributed by atoms with E-state index in [0.717, 1.165) is 23.7 Å². The van der Waals surface area contributed by atoms with Gasteiger partial charge in [0.25, 0.3) is 0 Å². The number of hydrogen-bond donors (Lipinski definition) is 2. The molecule has 1 heterocycles. The number of nitrogens with two attached hydrogens (primary N) is 1.